The monoisotopic (exact) mass is 387 g/mol. The molecule has 0 bridgehead atoms. The summed E-state index contributed by atoms with van der Waals surface area (Å²) >= 11 is 0. The van der Waals surface area contributed by atoms with E-state index in [-0.39, 0.29) is 17.7 Å². The van der Waals surface area contributed by atoms with Gasteiger partial charge in [-0.1, -0.05) is 47.6 Å². The molecule has 29 heavy (non-hydrogen) atoms. The van der Waals surface area contributed by atoms with E-state index in [0.29, 0.717) is 31.8 Å². The fraction of sp³-hybridized carbons (Fsp3) is 0.273. The van der Waals surface area contributed by atoms with Crippen molar-refractivity contribution < 1.29 is 9.32 Å². The molecule has 1 amide bonds. The summed E-state index contributed by atoms with van der Waals surface area (Å²) in [5.41, 5.74) is 3.12. The van der Waals surface area contributed by atoms with Crippen molar-refractivity contribution in [3.8, 4) is 0 Å². The van der Waals surface area contributed by atoms with E-state index in [4.69, 9.17) is 4.52 Å². The van der Waals surface area contributed by atoms with Crippen LogP contribution in [0.2, 0.25) is 0 Å². The molecule has 0 unspecified atom stereocenters. The molecule has 0 saturated carbocycles. The first-order valence-electron chi connectivity index (χ1n) is 9.80. The number of nitrogens with one attached hydrogen (secondary N) is 1. The maximum absolute atomic E-state index is 12.9. The van der Waals surface area contributed by atoms with Crippen LogP contribution in [-0.4, -0.2) is 44.0 Å². The molecular weight excluding hydrogens is 366 g/mol. The number of rotatable bonds is 5. The normalized spacial score (nSPS) is 19.1. The van der Waals surface area contributed by atoms with Crippen LogP contribution >= 0.6 is 0 Å². The third kappa shape index (κ3) is 3.51. The average molecular weight is 387 g/mol. The van der Waals surface area contributed by atoms with Gasteiger partial charge in [-0.05, 0) is 17.7 Å². The molecule has 7 heteroatoms. The van der Waals surface area contributed by atoms with Crippen LogP contribution in [0, 0.1) is 0 Å². The number of hydrogen-bond donors (Lipinski definition) is 1. The van der Waals surface area contributed by atoms with Gasteiger partial charge in [-0.25, -0.2) is 4.98 Å². The molecule has 1 saturated heterocycles. The topological polar surface area (TPSA) is 87.9 Å². The van der Waals surface area contributed by atoms with Gasteiger partial charge >= 0.3 is 0 Å². The highest BCUT2D eigenvalue weighted by atomic mass is 16.5. The number of aromatic amines is 1. The Morgan fingerprint density at radius 3 is 2.66 bits per heavy atom. The summed E-state index contributed by atoms with van der Waals surface area (Å²) in [7, 11) is 0. The van der Waals surface area contributed by atoms with Gasteiger partial charge in [0.2, 0.25) is 12.3 Å². The zero-order chi connectivity index (χ0) is 19.6. The third-order valence-electron chi connectivity index (χ3n) is 5.62. The molecule has 1 aliphatic rings. The highest BCUT2D eigenvalue weighted by Gasteiger charge is 2.39. The number of likely N-dealkylation sites (tertiary alicyclic amines) is 1. The number of amides is 1. The molecular formula is C22H21N5O2. The van der Waals surface area contributed by atoms with Gasteiger partial charge < -0.3 is 14.4 Å². The molecule has 0 aliphatic carbocycles. The average Bonchev–Trinajstić information content (AvgIpc) is 3.51. The van der Waals surface area contributed by atoms with E-state index in [9.17, 15) is 4.79 Å². The SMILES string of the molecule is O=C(CCc1nc2ccccc2[nH]1)N1C[C@H](c2ccccc2)[C@H](c2ncon2)C1. The predicted molar refractivity (Wildman–Crippen MR) is 107 cm³/mol. The second-order valence-electron chi connectivity index (χ2n) is 7.41. The van der Waals surface area contributed by atoms with Crippen LogP contribution in [0.25, 0.3) is 11.0 Å². The molecule has 0 radical (unpaired) electrons. The van der Waals surface area contributed by atoms with Gasteiger partial charge in [0.05, 0.1) is 11.0 Å². The second-order valence-corrected chi connectivity index (χ2v) is 7.41. The number of fused-ring (bicyclic) bond motifs is 1. The van der Waals surface area contributed by atoms with E-state index in [1.54, 1.807) is 0 Å². The standard InChI is InChI=1S/C22H21N5O2/c28-21(11-10-20-24-18-8-4-5-9-19(18)25-20)27-12-16(15-6-2-1-3-7-15)17(13-27)22-23-14-29-26-22/h1-9,14,16-17H,10-13H2,(H,24,25)/t16-,17-/m1/s1. The van der Waals surface area contributed by atoms with Crippen LogP contribution in [0.4, 0.5) is 0 Å². The molecule has 146 valence electrons. The minimum atomic E-state index is 0.0336. The zero-order valence-corrected chi connectivity index (χ0v) is 15.9. The zero-order valence-electron chi connectivity index (χ0n) is 15.9. The summed E-state index contributed by atoms with van der Waals surface area (Å²) < 4.78 is 4.96. The van der Waals surface area contributed by atoms with Gasteiger partial charge in [0.15, 0.2) is 5.82 Å². The van der Waals surface area contributed by atoms with Gasteiger partial charge in [-0.2, -0.15) is 4.98 Å². The Kier molecular flexibility index (Phi) is 4.56. The van der Waals surface area contributed by atoms with E-state index in [1.807, 2.05) is 47.4 Å². The lowest BCUT2D eigenvalue weighted by Gasteiger charge is -2.16. The summed E-state index contributed by atoms with van der Waals surface area (Å²) in [6.45, 7) is 1.25. The van der Waals surface area contributed by atoms with E-state index in [0.717, 1.165) is 16.9 Å². The molecule has 7 nitrogen and oxygen atoms in total. The molecule has 1 aliphatic heterocycles. The smallest absolute Gasteiger partial charge is 0.223 e. The van der Waals surface area contributed by atoms with Crippen molar-refractivity contribution in [2.75, 3.05) is 13.1 Å². The number of imidazole rings is 1. The first-order valence-corrected chi connectivity index (χ1v) is 9.80. The number of aryl methyl sites for hydroxylation is 1. The Balaban J connectivity index is 1.30. The number of H-pyrrole nitrogens is 1. The summed E-state index contributed by atoms with van der Waals surface area (Å²) in [5.74, 6) is 1.81. The Labute approximate surface area is 167 Å². The maximum atomic E-state index is 12.9. The Bertz CT molecular complexity index is 1070. The first-order chi connectivity index (χ1) is 14.3. The van der Waals surface area contributed by atoms with Crippen molar-refractivity contribution in [1.82, 2.24) is 25.0 Å². The minimum Gasteiger partial charge on any atom is -0.343 e. The third-order valence-corrected chi connectivity index (χ3v) is 5.62. The molecule has 2 aromatic carbocycles. The van der Waals surface area contributed by atoms with E-state index < -0.39 is 0 Å². The number of aromatic nitrogens is 4. The van der Waals surface area contributed by atoms with E-state index in [1.165, 1.54) is 12.0 Å². The quantitative estimate of drug-likeness (QED) is 0.568. The van der Waals surface area contributed by atoms with Gasteiger partial charge in [-0.3, -0.25) is 4.79 Å². The number of carbonyl (C=O) groups is 1. The number of carbonyl (C=O) groups excluding carboxylic acids is 1. The van der Waals surface area contributed by atoms with E-state index >= 15 is 0 Å². The van der Waals surface area contributed by atoms with Crippen LogP contribution in [0.3, 0.4) is 0 Å². The molecule has 0 spiro atoms. The van der Waals surface area contributed by atoms with Crippen molar-refractivity contribution in [2.45, 2.75) is 24.7 Å². The number of nitrogens with zero attached hydrogens (tertiary/aromatic N) is 4. The second kappa shape index (κ2) is 7.50. The number of benzene rings is 2. The lowest BCUT2D eigenvalue weighted by atomic mass is 9.88. The fourth-order valence-corrected chi connectivity index (χ4v) is 4.16. The van der Waals surface area contributed by atoms with Crippen LogP contribution in [-0.2, 0) is 11.2 Å². The van der Waals surface area contributed by atoms with Crippen LogP contribution in [0.15, 0.2) is 65.5 Å². The largest absolute Gasteiger partial charge is 0.343 e. The molecule has 1 N–H and O–H groups in total. The molecule has 1 fully saturated rings. The van der Waals surface area contributed by atoms with E-state index in [2.05, 4.69) is 32.2 Å². The van der Waals surface area contributed by atoms with Gasteiger partial charge in [0.25, 0.3) is 0 Å². The Morgan fingerprint density at radius 1 is 1.07 bits per heavy atom. The van der Waals surface area contributed by atoms with Crippen molar-refractivity contribution in [1.29, 1.82) is 0 Å². The summed E-state index contributed by atoms with van der Waals surface area (Å²) in [4.78, 5) is 27.0. The predicted octanol–water partition coefficient (Wildman–Crippen LogP) is 3.29. The van der Waals surface area contributed by atoms with Crippen LogP contribution < -0.4 is 0 Å². The summed E-state index contributed by atoms with van der Waals surface area (Å²) in [6, 6.07) is 18.1. The van der Waals surface area contributed by atoms with Crippen LogP contribution in [0.5, 0.6) is 0 Å². The fourth-order valence-electron chi connectivity index (χ4n) is 4.16. The van der Waals surface area contributed by atoms with Gasteiger partial charge in [0.1, 0.15) is 5.82 Å². The molecule has 4 aromatic rings. The van der Waals surface area contributed by atoms with Crippen molar-refractivity contribution in [3.63, 3.8) is 0 Å². The highest BCUT2D eigenvalue weighted by molar-refractivity contribution is 5.78. The Hall–Kier alpha value is -3.48. The minimum absolute atomic E-state index is 0.0336. The lowest BCUT2D eigenvalue weighted by molar-refractivity contribution is -0.130. The van der Waals surface area contributed by atoms with Gasteiger partial charge in [-0.15, -0.1) is 0 Å². The Morgan fingerprint density at radius 2 is 1.86 bits per heavy atom. The summed E-state index contributed by atoms with van der Waals surface area (Å²) in [5, 5.41) is 4.05. The molecule has 3 heterocycles. The van der Waals surface area contributed by atoms with Crippen molar-refractivity contribution in [2.24, 2.45) is 0 Å². The van der Waals surface area contributed by atoms with Crippen molar-refractivity contribution in [3.05, 3.63) is 78.2 Å². The first kappa shape index (κ1) is 17.6. The molecule has 2 atom stereocenters. The number of para-hydroxylation sites is 2. The number of hydrogen-bond acceptors (Lipinski definition) is 5. The van der Waals surface area contributed by atoms with Crippen LogP contribution in [0.1, 0.15) is 35.5 Å². The van der Waals surface area contributed by atoms with Gasteiger partial charge in [0, 0.05) is 37.8 Å². The highest BCUT2D eigenvalue weighted by Crippen LogP contribution is 2.38. The molecule has 5 rings (SSSR count). The maximum Gasteiger partial charge on any atom is 0.223 e. The lowest BCUT2D eigenvalue weighted by Crippen LogP contribution is -2.29. The molecule has 2 aromatic heterocycles. The summed E-state index contributed by atoms with van der Waals surface area (Å²) in [6.07, 6.45) is 2.36. The van der Waals surface area contributed by atoms with Crippen molar-refractivity contribution >= 4 is 16.9 Å².